The molecule has 2 aromatic carbocycles. The number of aliphatic hydroxyl groups is 1. The molecule has 0 aromatic heterocycles. The molecule has 1 aliphatic rings. The minimum Gasteiger partial charge on any atom is -0.392 e. The first-order chi connectivity index (χ1) is 11.8. The molecule has 1 heterocycles. The van der Waals surface area contributed by atoms with Crippen LogP contribution in [0.1, 0.15) is 22.7 Å². The lowest BCUT2D eigenvalue weighted by atomic mass is 10.1. The summed E-state index contributed by atoms with van der Waals surface area (Å²) < 4.78 is 0. The van der Waals surface area contributed by atoms with Crippen molar-refractivity contribution in [3.05, 3.63) is 71.3 Å². The Morgan fingerprint density at radius 2 is 1.54 bits per heavy atom. The van der Waals surface area contributed by atoms with E-state index >= 15 is 0 Å². The van der Waals surface area contributed by atoms with Crippen molar-refractivity contribution in [2.75, 3.05) is 26.2 Å². The zero-order valence-electron chi connectivity index (χ0n) is 13.8. The molecule has 0 amide bonds. The Hall–Kier alpha value is -2.19. The van der Waals surface area contributed by atoms with Crippen LogP contribution in [0.2, 0.25) is 0 Å². The number of piperazine rings is 1. The third-order valence-corrected chi connectivity index (χ3v) is 4.62. The van der Waals surface area contributed by atoms with Crippen LogP contribution in [-0.2, 0) is 13.2 Å². The lowest BCUT2D eigenvalue weighted by Gasteiger charge is -2.37. The van der Waals surface area contributed by atoms with Gasteiger partial charge in [0.25, 0.3) is 0 Å². The molecular weight excluding hydrogens is 298 g/mol. The average Bonchev–Trinajstić information content (AvgIpc) is 2.65. The van der Waals surface area contributed by atoms with Crippen LogP contribution in [0.3, 0.4) is 0 Å². The summed E-state index contributed by atoms with van der Waals surface area (Å²) in [4.78, 5) is 4.69. The van der Waals surface area contributed by atoms with Crippen molar-refractivity contribution >= 4 is 0 Å². The van der Waals surface area contributed by atoms with Gasteiger partial charge in [-0.15, -0.1) is 0 Å². The van der Waals surface area contributed by atoms with Gasteiger partial charge in [0.1, 0.15) is 6.04 Å². The van der Waals surface area contributed by atoms with Gasteiger partial charge in [-0.1, -0.05) is 54.6 Å². The van der Waals surface area contributed by atoms with Crippen molar-refractivity contribution in [1.29, 1.82) is 5.26 Å². The Labute approximate surface area is 143 Å². The lowest BCUT2D eigenvalue weighted by molar-refractivity contribution is 0.109. The summed E-state index contributed by atoms with van der Waals surface area (Å²) >= 11 is 0. The molecule has 0 aliphatic carbocycles. The summed E-state index contributed by atoms with van der Waals surface area (Å²) in [6.45, 7) is 4.75. The van der Waals surface area contributed by atoms with Gasteiger partial charge in [-0.3, -0.25) is 9.80 Å². The highest BCUT2D eigenvalue weighted by molar-refractivity contribution is 5.24. The van der Waals surface area contributed by atoms with Crippen LogP contribution in [0.4, 0.5) is 0 Å². The van der Waals surface area contributed by atoms with Crippen molar-refractivity contribution in [3.63, 3.8) is 0 Å². The molecule has 0 bridgehead atoms. The summed E-state index contributed by atoms with van der Waals surface area (Å²) in [6, 6.07) is 20.4. The maximum Gasteiger partial charge on any atom is 0.123 e. The standard InChI is InChI=1S/C20H23N3O/c21-14-20(19-4-2-1-3-5-19)23-12-10-22(11-13-23)15-17-6-8-18(16-24)9-7-17/h1-9,20,24H,10-13,15-16H2. The van der Waals surface area contributed by atoms with Gasteiger partial charge in [-0.25, -0.2) is 0 Å². The van der Waals surface area contributed by atoms with E-state index in [1.807, 2.05) is 42.5 Å². The molecule has 1 aliphatic heterocycles. The number of rotatable bonds is 5. The Balaban J connectivity index is 1.56. The molecule has 1 saturated heterocycles. The van der Waals surface area contributed by atoms with Crippen molar-refractivity contribution in [3.8, 4) is 6.07 Å². The van der Waals surface area contributed by atoms with Crippen molar-refractivity contribution in [1.82, 2.24) is 9.80 Å². The zero-order valence-corrected chi connectivity index (χ0v) is 13.8. The van der Waals surface area contributed by atoms with Crippen LogP contribution < -0.4 is 0 Å². The fourth-order valence-electron chi connectivity index (χ4n) is 3.19. The first kappa shape index (κ1) is 16.7. The molecule has 0 radical (unpaired) electrons. The van der Waals surface area contributed by atoms with Gasteiger partial charge in [0, 0.05) is 32.7 Å². The largest absolute Gasteiger partial charge is 0.392 e. The van der Waals surface area contributed by atoms with E-state index in [1.54, 1.807) is 0 Å². The monoisotopic (exact) mass is 321 g/mol. The topological polar surface area (TPSA) is 50.5 Å². The average molecular weight is 321 g/mol. The third-order valence-electron chi connectivity index (χ3n) is 4.62. The lowest BCUT2D eigenvalue weighted by Crippen LogP contribution is -2.46. The predicted molar refractivity (Wildman–Crippen MR) is 94.0 cm³/mol. The Bertz CT molecular complexity index is 670. The Kier molecular flexibility index (Phi) is 5.60. The van der Waals surface area contributed by atoms with E-state index in [1.165, 1.54) is 5.56 Å². The fourth-order valence-corrected chi connectivity index (χ4v) is 3.19. The highest BCUT2D eigenvalue weighted by atomic mass is 16.3. The number of aliphatic hydroxyl groups excluding tert-OH is 1. The molecule has 2 aromatic rings. The van der Waals surface area contributed by atoms with Gasteiger partial charge < -0.3 is 5.11 Å². The quantitative estimate of drug-likeness (QED) is 0.919. The van der Waals surface area contributed by atoms with Crippen molar-refractivity contribution in [2.45, 2.75) is 19.2 Å². The first-order valence-corrected chi connectivity index (χ1v) is 8.40. The second-order valence-corrected chi connectivity index (χ2v) is 6.23. The molecule has 4 heteroatoms. The third kappa shape index (κ3) is 4.01. The number of nitriles is 1. The molecule has 1 N–H and O–H groups in total. The summed E-state index contributed by atoms with van der Waals surface area (Å²) in [5.74, 6) is 0. The van der Waals surface area contributed by atoms with Crippen molar-refractivity contribution < 1.29 is 5.11 Å². The summed E-state index contributed by atoms with van der Waals surface area (Å²) in [5, 5.41) is 18.7. The molecule has 0 spiro atoms. The van der Waals surface area contributed by atoms with Gasteiger partial charge in [0.2, 0.25) is 0 Å². The second-order valence-electron chi connectivity index (χ2n) is 6.23. The number of benzene rings is 2. The van der Waals surface area contributed by atoms with Crippen molar-refractivity contribution in [2.24, 2.45) is 0 Å². The first-order valence-electron chi connectivity index (χ1n) is 8.40. The number of nitrogens with zero attached hydrogens (tertiary/aromatic N) is 3. The molecule has 124 valence electrons. The molecule has 1 fully saturated rings. The molecule has 1 atom stereocenters. The van der Waals surface area contributed by atoms with Crippen LogP contribution in [0.25, 0.3) is 0 Å². The van der Waals surface area contributed by atoms with E-state index in [2.05, 4.69) is 28.0 Å². The summed E-state index contributed by atoms with van der Waals surface area (Å²) in [6.07, 6.45) is 0. The fraction of sp³-hybridized carbons (Fsp3) is 0.350. The molecule has 0 saturated carbocycles. The van der Waals surface area contributed by atoms with Gasteiger partial charge in [0.05, 0.1) is 12.7 Å². The highest BCUT2D eigenvalue weighted by Gasteiger charge is 2.24. The highest BCUT2D eigenvalue weighted by Crippen LogP contribution is 2.21. The van der Waals surface area contributed by atoms with Crippen LogP contribution >= 0.6 is 0 Å². The van der Waals surface area contributed by atoms with E-state index in [9.17, 15) is 5.26 Å². The van der Waals surface area contributed by atoms with Gasteiger partial charge in [-0.2, -0.15) is 5.26 Å². The van der Waals surface area contributed by atoms with Gasteiger partial charge >= 0.3 is 0 Å². The Morgan fingerprint density at radius 1 is 0.917 bits per heavy atom. The van der Waals surface area contributed by atoms with Crippen LogP contribution in [0.15, 0.2) is 54.6 Å². The molecule has 4 nitrogen and oxygen atoms in total. The Morgan fingerprint density at radius 3 is 2.12 bits per heavy atom. The van der Waals surface area contributed by atoms with E-state index in [0.29, 0.717) is 0 Å². The van der Waals surface area contributed by atoms with E-state index in [4.69, 9.17) is 5.11 Å². The minimum absolute atomic E-state index is 0.0913. The predicted octanol–water partition coefficient (Wildman–Crippen LogP) is 2.56. The molecule has 1 unspecified atom stereocenters. The van der Waals surface area contributed by atoms with Gasteiger partial charge in [0.15, 0.2) is 0 Å². The molecule has 24 heavy (non-hydrogen) atoms. The van der Waals surface area contributed by atoms with E-state index in [-0.39, 0.29) is 12.6 Å². The SMILES string of the molecule is N#CC(c1ccccc1)N1CCN(Cc2ccc(CO)cc2)CC1. The second kappa shape index (κ2) is 8.07. The minimum atomic E-state index is -0.155. The van der Waals surface area contributed by atoms with E-state index < -0.39 is 0 Å². The maximum atomic E-state index is 9.56. The normalized spacial score (nSPS) is 17.3. The van der Waals surface area contributed by atoms with E-state index in [0.717, 1.165) is 43.9 Å². The summed E-state index contributed by atoms with van der Waals surface area (Å²) in [7, 11) is 0. The summed E-state index contributed by atoms with van der Waals surface area (Å²) in [5.41, 5.74) is 3.29. The number of hydrogen-bond donors (Lipinski definition) is 1. The van der Waals surface area contributed by atoms with Crippen LogP contribution in [-0.4, -0.2) is 41.1 Å². The number of hydrogen-bond acceptors (Lipinski definition) is 4. The van der Waals surface area contributed by atoms with Crippen LogP contribution in [0.5, 0.6) is 0 Å². The molecule has 3 rings (SSSR count). The smallest absolute Gasteiger partial charge is 0.123 e. The van der Waals surface area contributed by atoms with Crippen LogP contribution in [0, 0.1) is 11.3 Å². The molecular formula is C20H23N3O. The zero-order chi connectivity index (χ0) is 16.8. The van der Waals surface area contributed by atoms with Gasteiger partial charge in [-0.05, 0) is 16.7 Å². The maximum absolute atomic E-state index is 9.56.